The van der Waals surface area contributed by atoms with E-state index < -0.39 is 5.97 Å². The molecule has 15 heavy (non-hydrogen) atoms. The second-order valence-electron chi connectivity index (χ2n) is 3.46. The zero-order valence-electron chi connectivity index (χ0n) is 9.36. The highest BCUT2D eigenvalue weighted by Gasteiger charge is 2.14. The monoisotopic (exact) mass is 233 g/mol. The van der Waals surface area contributed by atoms with Crippen molar-refractivity contribution in [1.82, 2.24) is 5.32 Å². The molecule has 0 aromatic rings. The lowest BCUT2D eigenvalue weighted by atomic mass is 10.2. The van der Waals surface area contributed by atoms with Crippen molar-refractivity contribution in [3.8, 4) is 0 Å². The van der Waals surface area contributed by atoms with Crippen LogP contribution in [0.15, 0.2) is 11.6 Å². The van der Waals surface area contributed by atoms with Crippen LogP contribution in [0.5, 0.6) is 0 Å². The fraction of sp³-hybridized carbons (Fsp3) is 0.700. The van der Waals surface area contributed by atoms with E-state index in [1.165, 1.54) is 6.08 Å². The first-order chi connectivity index (χ1) is 7.01. The van der Waals surface area contributed by atoms with Crippen molar-refractivity contribution in [3.63, 3.8) is 0 Å². The van der Waals surface area contributed by atoms with Gasteiger partial charge in [0.15, 0.2) is 0 Å². The van der Waals surface area contributed by atoms with Crippen molar-refractivity contribution in [2.45, 2.75) is 25.1 Å². The first kappa shape index (κ1) is 14.5. The van der Waals surface area contributed by atoms with Crippen LogP contribution in [0.1, 0.15) is 13.8 Å². The Hall–Kier alpha value is -0.520. The number of hydrogen-bond acceptors (Lipinski definition) is 4. The molecule has 2 unspecified atom stereocenters. The standard InChI is InChI=1S/C10H19NO3S/c1-7(4-10(13)14)5-11-8(2)9(6-12)15-3/h4,8-9,11-12H,5-6H2,1-3H3,(H,13,14). The summed E-state index contributed by atoms with van der Waals surface area (Å²) < 4.78 is 0. The lowest BCUT2D eigenvalue weighted by Gasteiger charge is -2.21. The number of carboxylic acid groups (broad SMARTS) is 1. The molecule has 4 nitrogen and oxygen atoms in total. The van der Waals surface area contributed by atoms with Gasteiger partial charge in [-0.25, -0.2) is 4.79 Å². The minimum atomic E-state index is -0.925. The van der Waals surface area contributed by atoms with E-state index in [1.54, 1.807) is 18.7 Å². The summed E-state index contributed by atoms with van der Waals surface area (Å²) in [4.78, 5) is 10.4. The highest BCUT2D eigenvalue weighted by Crippen LogP contribution is 2.10. The fourth-order valence-electron chi connectivity index (χ4n) is 1.15. The first-order valence-corrected chi connectivity index (χ1v) is 6.07. The number of aliphatic carboxylic acids is 1. The van der Waals surface area contributed by atoms with Crippen LogP contribution >= 0.6 is 11.8 Å². The summed E-state index contributed by atoms with van der Waals surface area (Å²) in [6.45, 7) is 4.40. The first-order valence-electron chi connectivity index (χ1n) is 4.78. The van der Waals surface area contributed by atoms with Crippen LogP contribution < -0.4 is 5.32 Å². The number of carbonyl (C=O) groups is 1. The Balaban J connectivity index is 3.99. The predicted octanol–water partition coefficient (Wildman–Crippen LogP) is 0.719. The van der Waals surface area contributed by atoms with Crippen LogP contribution in [0.4, 0.5) is 0 Å². The Morgan fingerprint density at radius 1 is 1.60 bits per heavy atom. The number of nitrogens with one attached hydrogen (secondary N) is 1. The normalized spacial score (nSPS) is 16.1. The molecule has 0 rings (SSSR count). The quantitative estimate of drug-likeness (QED) is 0.565. The molecule has 0 saturated heterocycles. The maximum Gasteiger partial charge on any atom is 0.328 e. The average Bonchev–Trinajstić information content (AvgIpc) is 2.15. The number of aliphatic hydroxyl groups excluding tert-OH is 1. The predicted molar refractivity (Wildman–Crippen MR) is 63.2 cm³/mol. The molecule has 5 heteroatoms. The van der Waals surface area contributed by atoms with Crippen LogP contribution in [0.25, 0.3) is 0 Å². The average molecular weight is 233 g/mol. The van der Waals surface area contributed by atoms with Gasteiger partial charge < -0.3 is 15.5 Å². The van der Waals surface area contributed by atoms with Gasteiger partial charge in [-0.2, -0.15) is 11.8 Å². The number of carboxylic acids is 1. The summed E-state index contributed by atoms with van der Waals surface area (Å²) in [6.07, 6.45) is 3.13. The molecule has 0 fully saturated rings. The summed E-state index contributed by atoms with van der Waals surface area (Å²) in [7, 11) is 0. The molecule has 0 aromatic carbocycles. The summed E-state index contributed by atoms with van der Waals surface area (Å²) in [6, 6.07) is 0.155. The number of rotatable bonds is 7. The molecular formula is C10H19NO3S. The Morgan fingerprint density at radius 3 is 2.60 bits per heavy atom. The van der Waals surface area contributed by atoms with Crippen LogP contribution in [-0.2, 0) is 4.79 Å². The molecule has 2 atom stereocenters. The lowest BCUT2D eigenvalue weighted by molar-refractivity contribution is -0.131. The maximum atomic E-state index is 10.4. The van der Waals surface area contributed by atoms with Gasteiger partial charge in [-0.05, 0) is 20.1 Å². The van der Waals surface area contributed by atoms with Crippen LogP contribution in [0.2, 0.25) is 0 Å². The smallest absolute Gasteiger partial charge is 0.328 e. The van der Waals surface area contributed by atoms with Crippen molar-refractivity contribution in [2.75, 3.05) is 19.4 Å². The summed E-state index contributed by atoms with van der Waals surface area (Å²) in [5.41, 5.74) is 0.771. The minimum absolute atomic E-state index is 0.122. The van der Waals surface area contributed by atoms with E-state index in [0.29, 0.717) is 6.54 Å². The molecule has 0 heterocycles. The van der Waals surface area contributed by atoms with Crippen molar-refractivity contribution in [1.29, 1.82) is 0 Å². The molecular weight excluding hydrogens is 214 g/mol. The zero-order valence-corrected chi connectivity index (χ0v) is 10.2. The Morgan fingerprint density at radius 2 is 2.20 bits per heavy atom. The van der Waals surface area contributed by atoms with Gasteiger partial charge in [-0.3, -0.25) is 0 Å². The van der Waals surface area contributed by atoms with E-state index in [4.69, 9.17) is 10.2 Å². The lowest BCUT2D eigenvalue weighted by Crippen LogP contribution is -2.38. The van der Waals surface area contributed by atoms with E-state index in [9.17, 15) is 4.79 Å². The van der Waals surface area contributed by atoms with E-state index in [0.717, 1.165) is 5.57 Å². The van der Waals surface area contributed by atoms with Crippen molar-refractivity contribution in [3.05, 3.63) is 11.6 Å². The Bertz CT molecular complexity index is 227. The van der Waals surface area contributed by atoms with Crippen molar-refractivity contribution in [2.24, 2.45) is 0 Å². The van der Waals surface area contributed by atoms with Crippen LogP contribution in [-0.4, -0.2) is 46.9 Å². The minimum Gasteiger partial charge on any atom is -0.478 e. The van der Waals surface area contributed by atoms with Crippen LogP contribution in [0, 0.1) is 0 Å². The molecule has 0 aliphatic carbocycles. The van der Waals surface area contributed by atoms with Gasteiger partial charge in [-0.15, -0.1) is 0 Å². The third-order valence-corrected chi connectivity index (χ3v) is 3.28. The highest BCUT2D eigenvalue weighted by atomic mass is 32.2. The largest absolute Gasteiger partial charge is 0.478 e. The van der Waals surface area contributed by atoms with Crippen molar-refractivity contribution >= 4 is 17.7 Å². The molecule has 0 radical (unpaired) electrons. The highest BCUT2D eigenvalue weighted by molar-refractivity contribution is 7.99. The van der Waals surface area contributed by atoms with Gasteiger partial charge in [0.05, 0.1) is 6.61 Å². The molecule has 0 saturated carbocycles. The van der Waals surface area contributed by atoms with Gasteiger partial charge in [0, 0.05) is 23.9 Å². The van der Waals surface area contributed by atoms with E-state index in [2.05, 4.69) is 5.32 Å². The van der Waals surface area contributed by atoms with Crippen LogP contribution in [0.3, 0.4) is 0 Å². The second-order valence-corrected chi connectivity index (χ2v) is 4.53. The molecule has 0 aliphatic rings. The summed E-state index contributed by atoms with van der Waals surface area (Å²) in [5, 5.41) is 20.9. The van der Waals surface area contributed by atoms with Gasteiger partial charge in [0.25, 0.3) is 0 Å². The van der Waals surface area contributed by atoms with Gasteiger partial charge in [0.1, 0.15) is 0 Å². The third kappa shape index (κ3) is 6.54. The zero-order chi connectivity index (χ0) is 11.8. The number of aliphatic hydroxyl groups is 1. The Labute approximate surface area is 94.8 Å². The maximum absolute atomic E-state index is 10.4. The Kier molecular flexibility index (Phi) is 7.46. The number of hydrogen-bond donors (Lipinski definition) is 3. The van der Waals surface area contributed by atoms with Gasteiger partial charge in [0.2, 0.25) is 0 Å². The molecule has 0 aliphatic heterocycles. The summed E-state index contributed by atoms with van der Waals surface area (Å²) >= 11 is 1.60. The molecule has 3 N–H and O–H groups in total. The fourth-order valence-corrected chi connectivity index (χ4v) is 1.81. The van der Waals surface area contributed by atoms with E-state index in [1.807, 2.05) is 13.2 Å². The molecule has 0 bridgehead atoms. The second kappa shape index (κ2) is 7.73. The van der Waals surface area contributed by atoms with Crippen molar-refractivity contribution < 1.29 is 15.0 Å². The third-order valence-electron chi connectivity index (χ3n) is 2.11. The molecule has 0 spiro atoms. The topological polar surface area (TPSA) is 69.6 Å². The number of thioether (sulfide) groups is 1. The molecule has 88 valence electrons. The van der Waals surface area contributed by atoms with E-state index >= 15 is 0 Å². The SMILES string of the molecule is CSC(CO)C(C)NCC(C)=CC(=O)O. The molecule has 0 amide bonds. The van der Waals surface area contributed by atoms with Gasteiger partial charge in [-0.1, -0.05) is 5.57 Å². The summed E-state index contributed by atoms with van der Waals surface area (Å²) in [5.74, 6) is -0.925. The molecule has 0 aromatic heterocycles. The van der Waals surface area contributed by atoms with Gasteiger partial charge >= 0.3 is 5.97 Å². The van der Waals surface area contributed by atoms with E-state index in [-0.39, 0.29) is 17.9 Å².